The van der Waals surface area contributed by atoms with Crippen LogP contribution in [0.5, 0.6) is 11.5 Å². The lowest BCUT2D eigenvalue weighted by molar-refractivity contribution is -0.144. The first-order valence-corrected chi connectivity index (χ1v) is 6.35. The maximum absolute atomic E-state index is 10.9. The highest BCUT2D eigenvalue weighted by molar-refractivity contribution is 5.74. The molecule has 1 aliphatic rings. The predicted octanol–water partition coefficient (Wildman–Crippen LogP) is 1.35. The second-order valence-electron chi connectivity index (χ2n) is 4.54. The molecule has 104 valence electrons. The van der Waals surface area contributed by atoms with Crippen LogP contribution in [0, 0.1) is 0 Å². The van der Waals surface area contributed by atoms with Gasteiger partial charge in [0.2, 0.25) is 0 Å². The lowest BCUT2D eigenvalue weighted by Gasteiger charge is -2.08. The largest absolute Gasteiger partial charge is 0.492 e. The van der Waals surface area contributed by atoms with Gasteiger partial charge in [-0.05, 0) is 17.7 Å². The molecule has 20 heavy (non-hydrogen) atoms. The molecule has 0 fully saturated rings. The van der Waals surface area contributed by atoms with Gasteiger partial charge in [0.1, 0.15) is 18.1 Å². The van der Waals surface area contributed by atoms with Crippen molar-refractivity contribution in [3.05, 3.63) is 42.2 Å². The topological polar surface area (TPSA) is 73.6 Å². The Hall–Kier alpha value is -2.50. The van der Waals surface area contributed by atoms with Crippen LogP contribution < -0.4 is 9.47 Å². The maximum Gasteiger partial charge on any atom is 0.345 e. The number of hydrogen-bond donors (Lipinski definition) is 1. The number of nitrogens with zero attached hydrogens (tertiary/aromatic N) is 2. The Kier molecular flexibility index (Phi) is 3.28. The molecular weight excluding hydrogens is 260 g/mol. The minimum absolute atomic E-state index is 0.401. The number of aromatic nitrogens is 2. The lowest BCUT2D eigenvalue weighted by atomic mass is 10.1. The van der Waals surface area contributed by atoms with E-state index in [4.69, 9.17) is 14.6 Å². The van der Waals surface area contributed by atoms with Crippen LogP contribution >= 0.6 is 0 Å². The Morgan fingerprint density at radius 2 is 2.45 bits per heavy atom. The van der Waals surface area contributed by atoms with E-state index in [-0.39, 0.29) is 0 Å². The van der Waals surface area contributed by atoms with Gasteiger partial charge >= 0.3 is 5.97 Å². The third-order valence-corrected chi connectivity index (χ3v) is 3.14. The number of carboxylic acid groups (broad SMARTS) is 1. The fraction of sp³-hybridized carbons (Fsp3) is 0.286. The van der Waals surface area contributed by atoms with Gasteiger partial charge in [-0.3, -0.25) is 4.68 Å². The summed E-state index contributed by atoms with van der Waals surface area (Å²) in [5, 5.41) is 13.0. The molecule has 1 unspecified atom stereocenters. The number of rotatable bonds is 5. The van der Waals surface area contributed by atoms with Gasteiger partial charge in [0.15, 0.2) is 6.10 Å². The lowest BCUT2D eigenvalue weighted by Crippen LogP contribution is -2.24. The molecule has 1 aliphatic heterocycles. The number of hydrogen-bond acceptors (Lipinski definition) is 4. The molecule has 6 nitrogen and oxygen atoms in total. The van der Waals surface area contributed by atoms with Crippen LogP contribution in [0.4, 0.5) is 0 Å². The summed E-state index contributed by atoms with van der Waals surface area (Å²) in [5.74, 6) is 0.318. The highest BCUT2D eigenvalue weighted by Gasteiger charge is 2.28. The van der Waals surface area contributed by atoms with Gasteiger partial charge in [0.05, 0.1) is 6.54 Å². The number of fused-ring (bicyclic) bond motifs is 1. The van der Waals surface area contributed by atoms with Crippen molar-refractivity contribution in [1.82, 2.24) is 9.78 Å². The van der Waals surface area contributed by atoms with E-state index in [1.54, 1.807) is 16.9 Å². The monoisotopic (exact) mass is 274 g/mol. The SMILES string of the molecule is O=C(O)C1Cc2ccc(OCCn3cccn3)cc2O1. The van der Waals surface area contributed by atoms with Gasteiger partial charge in [0, 0.05) is 24.9 Å². The minimum Gasteiger partial charge on any atom is -0.492 e. The van der Waals surface area contributed by atoms with Gasteiger partial charge in [-0.15, -0.1) is 0 Å². The summed E-state index contributed by atoms with van der Waals surface area (Å²) in [6.07, 6.45) is 3.20. The van der Waals surface area contributed by atoms with Crippen molar-refractivity contribution in [3.8, 4) is 11.5 Å². The second-order valence-corrected chi connectivity index (χ2v) is 4.54. The molecule has 1 aromatic heterocycles. The number of ether oxygens (including phenoxy) is 2. The van der Waals surface area contributed by atoms with Crippen LogP contribution in [0.2, 0.25) is 0 Å². The van der Waals surface area contributed by atoms with E-state index in [1.165, 1.54) is 0 Å². The van der Waals surface area contributed by atoms with Crippen molar-refractivity contribution < 1.29 is 19.4 Å². The van der Waals surface area contributed by atoms with E-state index in [0.717, 1.165) is 5.56 Å². The van der Waals surface area contributed by atoms with Crippen molar-refractivity contribution in [1.29, 1.82) is 0 Å². The highest BCUT2D eigenvalue weighted by atomic mass is 16.5. The first kappa shape index (κ1) is 12.5. The Bertz CT molecular complexity index is 610. The van der Waals surface area contributed by atoms with E-state index in [1.807, 2.05) is 24.4 Å². The molecule has 0 radical (unpaired) electrons. The third kappa shape index (κ3) is 2.59. The van der Waals surface area contributed by atoms with Crippen molar-refractivity contribution in [3.63, 3.8) is 0 Å². The Morgan fingerprint density at radius 1 is 1.55 bits per heavy atom. The summed E-state index contributed by atoms with van der Waals surface area (Å²) in [7, 11) is 0. The summed E-state index contributed by atoms with van der Waals surface area (Å²) >= 11 is 0. The Balaban J connectivity index is 1.60. The van der Waals surface area contributed by atoms with Gasteiger partial charge in [-0.2, -0.15) is 5.10 Å². The summed E-state index contributed by atoms with van der Waals surface area (Å²) in [4.78, 5) is 10.9. The molecule has 0 saturated heterocycles. The normalized spacial score (nSPS) is 16.5. The van der Waals surface area contributed by atoms with Crippen LogP contribution in [-0.4, -0.2) is 33.6 Å². The number of carbonyl (C=O) groups is 1. The highest BCUT2D eigenvalue weighted by Crippen LogP contribution is 2.32. The van der Waals surface area contributed by atoms with Crippen molar-refractivity contribution >= 4 is 5.97 Å². The van der Waals surface area contributed by atoms with Crippen molar-refractivity contribution in [2.24, 2.45) is 0 Å². The molecule has 6 heteroatoms. The fourth-order valence-electron chi connectivity index (χ4n) is 2.13. The predicted molar refractivity (Wildman–Crippen MR) is 69.9 cm³/mol. The van der Waals surface area contributed by atoms with Crippen LogP contribution in [0.3, 0.4) is 0 Å². The summed E-state index contributed by atoms with van der Waals surface area (Å²) in [6.45, 7) is 1.14. The minimum atomic E-state index is -0.942. The van der Waals surface area contributed by atoms with Crippen LogP contribution in [0.15, 0.2) is 36.7 Å². The van der Waals surface area contributed by atoms with Gasteiger partial charge in [-0.25, -0.2) is 4.79 Å². The average molecular weight is 274 g/mol. The Labute approximate surface area is 115 Å². The van der Waals surface area contributed by atoms with Crippen molar-refractivity contribution in [2.45, 2.75) is 19.1 Å². The number of aliphatic carboxylic acids is 1. The van der Waals surface area contributed by atoms with E-state index in [9.17, 15) is 4.79 Å². The molecule has 0 aliphatic carbocycles. The van der Waals surface area contributed by atoms with Crippen LogP contribution in [0.1, 0.15) is 5.56 Å². The number of carboxylic acids is 1. The fourth-order valence-corrected chi connectivity index (χ4v) is 2.13. The molecule has 3 rings (SSSR count). The summed E-state index contributed by atoms with van der Waals surface area (Å²) in [5.41, 5.74) is 0.900. The first-order chi connectivity index (χ1) is 9.72. The third-order valence-electron chi connectivity index (χ3n) is 3.14. The molecule has 2 aromatic rings. The summed E-state index contributed by atoms with van der Waals surface area (Å²) < 4.78 is 12.8. The van der Waals surface area contributed by atoms with Gasteiger partial charge < -0.3 is 14.6 Å². The van der Waals surface area contributed by atoms with Crippen LogP contribution in [-0.2, 0) is 17.8 Å². The van der Waals surface area contributed by atoms with E-state index < -0.39 is 12.1 Å². The standard InChI is InChI=1S/C14H14N2O4/c17-14(18)13-8-10-2-3-11(9-12(10)20-13)19-7-6-16-5-1-4-15-16/h1-5,9,13H,6-8H2,(H,17,18). The molecule has 0 amide bonds. The molecule has 1 aromatic carbocycles. The molecular formula is C14H14N2O4. The zero-order chi connectivity index (χ0) is 13.9. The molecule has 0 saturated carbocycles. The molecule has 1 N–H and O–H groups in total. The smallest absolute Gasteiger partial charge is 0.345 e. The number of benzene rings is 1. The van der Waals surface area contributed by atoms with Crippen molar-refractivity contribution in [2.75, 3.05) is 6.61 Å². The average Bonchev–Trinajstić information content (AvgIpc) is 3.06. The van der Waals surface area contributed by atoms with E-state index in [0.29, 0.717) is 31.1 Å². The van der Waals surface area contributed by atoms with Gasteiger partial charge in [0.25, 0.3) is 0 Å². The zero-order valence-corrected chi connectivity index (χ0v) is 10.7. The quantitative estimate of drug-likeness (QED) is 0.891. The van der Waals surface area contributed by atoms with Crippen LogP contribution in [0.25, 0.3) is 0 Å². The Morgan fingerprint density at radius 3 is 3.20 bits per heavy atom. The first-order valence-electron chi connectivity index (χ1n) is 6.35. The van der Waals surface area contributed by atoms with E-state index >= 15 is 0 Å². The molecule has 1 atom stereocenters. The maximum atomic E-state index is 10.9. The van der Waals surface area contributed by atoms with E-state index in [2.05, 4.69) is 5.10 Å². The second kappa shape index (κ2) is 5.24. The molecule has 0 spiro atoms. The molecule has 2 heterocycles. The summed E-state index contributed by atoms with van der Waals surface area (Å²) in [6, 6.07) is 7.27. The zero-order valence-electron chi connectivity index (χ0n) is 10.7. The van der Waals surface area contributed by atoms with Gasteiger partial charge in [-0.1, -0.05) is 6.07 Å². The molecule has 0 bridgehead atoms.